The highest BCUT2D eigenvalue weighted by Gasteiger charge is 2.07. The van der Waals surface area contributed by atoms with Crippen LogP contribution in [0.25, 0.3) is 0 Å². The fourth-order valence-electron chi connectivity index (χ4n) is 1.97. The van der Waals surface area contributed by atoms with Gasteiger partial charge in [-0.3, -0.25) is 0 Å². The van der Waals surface area contributed by atoms with Gasteiger partial charge >= 0.3 is 0 Å². The summed E-state index contributed by atoms with van der Waals surface area (Å²) in [6.07, 6.45) is 0. The summed E-state index contributed by atoms with van der Waals surface area (Å²) in [6, 6.07) is 13.6. The Balaban J connectivity index is 2.00. The van der Waals surface area contributed by atoms with E-state index in [4.69, 9.17) is 4.74 Å². The second-order valence-electron chi connectivity index (χ2n) is 4.65. The number of benzene rings is 2. The lowest BCUT2D eigenvalue weighted by atomic mass is 10.1. The SMILES string of the molecule is COc1ccc([C@@H](C)NCc2cc(Br)ccc2O)cc1. The summed E-state index contributed by atoms with van der Waals surface area (Å²) in [4.78, 5) is 0. The molecular formula is C16H18BrNO2. The third-order valence-corrected chi connectivity index (χ3v) is 3.75. The molecule has 2 N–H and O–H groups in total. The summed E-state index contributed by atoms with van der Waals surface area (Å²) < 4.78 is 6.11. The lowest BCUT2D eigenvalue weighted by Crippen LogP contribution is -2.18. The van der Waals surface area contributed by atoms with Crippen molar-refractivity contribution < 1.29 is 9.84 Å². The topological polar surface area (TPSA) is 41.5 Å². The second kappa shape index (κ2) is 6.77. The van der Waals surface area contributed by atoms with E-state index >= 15 is 0 Å². The molecule has 3 nitrogen and oxygen atoms in total. The third kappa shape index (κ3) is 3.74. The maximum absolute atomic E-state index is 9.81. The van der Waals surface area contributed by atoms with Gasteiger partial charge in [0.25, 0.3) is 0 Å². The first-order chi connectivity index (χ1) is 9.60. The molecular weight excluding hydrogens is 318 g/mol. The fourth-order valence-corrected chi connectivity index (χ4v) is 2.38. The average Bonchev–Trinajstić information content (AvgIpc) is 2.48. The summed E-state index contributed by atoms with van der Waals surface area (Å²) in [5, 5.41) is 13.2. The molecule has 0 bridgehead atoms. The highest BCUT2D eigenvalue weighted by atomic mass is 79.9. The molecule has 2 aromatic carbocycles. The Morgan fingerprint density at radius 2 is 1.90 bits per heavy atom. The molecule has 0 spiro atoms. The van der Waals surface area contributed by atoms with E-state index in [0.717, 1.165) is 15.8 Å². The van der Waals surface area contributed by atoms with Gasteiger partial charge in [-0.2, -0.15) is 0 Å². The van der Waals surface area contributed by atoms with Crippen LogP contribution < -0.4 is 10.1 Å². The minimum Gasteiger partial charge on any atom is -0.508 e. The van der Waals surface area contributed by atoms with Crippen molar-refractivity contribution in [3.05, 3.63) is 58.1 Å². The van der Waals surface area contributed by atoms with Crippen LogP contribution in [0, 0.1) is 0 Å². The Kier molecular flexibility index (Phi) is 5.04. The number of hydrogen-bond acceptors (Lipinski definition) is 3. The molecule has 0 saturated carbocycles. The van der Waals surface area contributed by atoms with Crippen molar-refractivity contribution in [3.63, 3.8) is 0 Å². The van der Waals surface area contributed by atoms with Crippen molar-refractivity contribution in [3.8, 4) is 11.5 Å². The van der Waals surface area contributed by atoms with Crippen LogP contribution in [0.15, 0.2) is 46.9 Å². The van der Waals surface area contributed by atoms with E-state index in [2.05, 4.69) is 28.2 Å². The van der Waals surface area contributed by atoms with Gasteiger partial charge in [0.05, 0.1) is 7.11 Å². The van der Waals surface area contributed by atoms with Crippen LogP contribution in [-0.4, -0.2) is 12.2 Å². The summed E-state index contributed by atoms with van der Waals surface area (Å²) in [5.41, 5.74) is 2.06. The van der Waals surface area contributed by atoms with E-state index in [1.807, 2.05) is 36.4 Å². The minimum absolute atomic E-state index is 0.194. The van der Waals surface area contributed by atoms with E-state index in [0.29, 0.717) is 12.3 Å². The van der Waals surface area contributed by atoms with Crippen molar-refractivity contribution in [1.29, 1.82) is 0 Å². The molecule has 0 aliphatic heterocycles. The van der Waals surface area contributed by atoms with Gasteiger partial charge in [0.1, 0.15) is 11.5 Å². The predicted octanol–water partition coefficient (Wildman–Crippen LogP) is 4.01. The maximum atomic E-state index is 9.81. The zero-order chi connectivity index (χ0) is 14.5. The number of aromatic hydroxyl groups is 1. The number of phenolic OH excluding ortho intramolecular Hbond substituents is 1. The lowest BCUT2D eigenvalue weighted by Gasteiger charge is -2.15. The maximum Gasteiger partial charge on any atom is 0.120 e. The number of methoxy groups -OCH3 is 1. The molecule has 0 aliphatic rings. The molecule has 0 amide bonds. The summed E-state index contributed by atoms with van der Waals surface area (Å²) in [6.45, 7) is 2.70. The Bertz CT molecular complexity index is 569. The molecule has 4 heteroatoms. The van der Waals surface area contributed by atoms with Crippen molar-refractivity contribution in [1.82, 2.24) is 5.32 Å². The second-order valence-corrected chi connectivity index (χ2v) is 5.56. The molecule has 0 aliphatic carbocycles. The van der Waals surface area contributed by atoms with Crippen LogP contribution in [0.4, 0.5) is 0 Å². The van der Waals surface area contributed by atoms with Gasteiger partial charge in [0.15, 0.2) is 0 Å². The molecule has 0 unspecified atom stereocenters. The van der Waals surface area contributed by atoms with Crippen LogP contribution in [0.3, 0.4) is 0 Å². The highest BCUT2D eigenvalue weighted by Crippen LogP contribution is 2.23. The van der Waals surface area contributed by atoms with Crippen LogP contribution >= 0.6 is 15.9 Å². The monoisotopic (exact) mass is 335 g/mol. The normalized spacial score (nSPS) is 12.2. The standard InChI is InChI=1S/C16H18BrNO2/c1-11(12-3-6-15(20-2)7-4-12)18-10-13-9-14(17)5-8-16(13)19/h3-9,11,18-19H,10H2,1-2H3/t11-/m1/s1. The summed E-state index contributed by atoms with van der Waals surface area (Å²) in [7, 11) is 1.66. The van der Waals surface area contributed by atoms with Crippen molar-refractivity contribution in [2.45, 2.75) is 19.5 Å². The first-order valence-corrected chi connectivity index (χ1v) is 7.24. The van der Waals surface area contributed by atoms with Crippen molar-refractivity contribution in [2.24, 2.45) is 0 Å². The molecule has 20 heavy (non-hydrogen) atoms. The van der Waals surface area contributed by atoms with Gasteiger partial charge in [0.2, 0.25) is 0 Å². The zero-order valence-corrected chi connectivity index (χ0v) is 13.1. The van der Waals surface area contributed by atoms with Crippen molar-refractivity contribution >= 4 is 15.9 Å². The Hall–Kier alpha value is -1.52. The number of phenols is 1. The molecule has 2 aromatic rings. The predicted molar refractivity (Wildman–Crippen MR) is 84.1 cm³/mol. The number of nitrogens with one attached hydrogen (secondary N) is 1. The van der Waals surface area contributed by atoms with Gasteiger partial charge in [0, 0.05) is 22.6 Å². The van der Waals surface area contributed by atoms with Gasteiger partial charge in [-0.05, 0) is 42.8 Å². The van der Waals surface area contributed by atoms with Gasteiger partial charge in [-0.15, -0.1) is 0 Å². The highest BCUT2D eigenvalue weighted by molar-refractivity contribution is 9.10. The Morgan fingerprint density at radius 1 is 1.20 bits per heavy atom. The largest absolute Gasteiger partial charge is 0.508 e. The van der Waals surface area contributed by atoms with Crippen LogP contribution in [-0.2, 0) is 6.54 Å². The van der Waals surface area contributed by atoms with Crippen LogP contribution in [0.5, 0.6) is 11.5 Å². The van der Waals surface area contributed by atoms with Gasteiger partial charge in [-0.1, -0.05) is 28.1 Å². The zero-order valence-electron chi connectivity index (χ0n) is 11.6. The smallest absolute Gasteiger partial charge is 0.120 e. The number of halogens is 1. The summed E-state index contributed by atoms with van der Waals surface area (Å²) >= 11 is 3.41. The Labute approximate surface area is 127 Å². The molecule has 0 heterocycles. The average molecular weight is 336 g/mol. The van der Waals surface area contributed by atoms with Gasteiger partial charge in [-0.25, -0.2) is 0 Å². The molecule has 0 fully saturated rings. The van der Waals surface area contributed by atoms with E-state index in [1.165, 1.54) is 5.56 Å². The first kappa shape index (κ1) is 14.9. The van der Waals surface area contributed by atoms with E-state index < -0.39 is 0 Å². The van der Waals surface area contributed by atoms with E-state index in [1.54, 1.807) is 13.2 Å². The molecule has 0 aromatic heterocycles. The summed E-state index contributed by atoms with van der Waals surface area (Å²) in [5.74, 6) is 1.16. The van der Waals surface area contributed by atoms with E-state index in [9.17, 15) is 5.11 Å². The molecule has 0 saturated heterocycles. The Morgan fingerprint density at radius 3 is 2.55 bits per heavy atom. The minimum atomic E-state index is 0.194. The van der Waals surface area contributed by atoms with E-state index in [-0.39, 0.29) is 6.04 Å². The molecule has 1 atom stereocenters. The molecule has 0 radical (unpaired) electrons. The molecule has 106 valence electrons. The fraction of sp³-hybridized carbons (Fsp3) is 0.250. The number of rotatable bonds is 5. The lowest BCUT2D eigenvalue weighted by molar-refractivity contribution is 0.414. The third-order valence-electron chi connectivity index (χ3n) is 3.26. The van der Waals surface area contributed by atoms with Crippen molar-refractivity contribution in [2.75, 3.05) is 7.11 Å². The number of hydrogen-bond donors (Lipinski definition) is 2. The van der Waals surface area contributed by atoms with Gasteiger partial charge < -0.3 is 15.2 Å². The number of ether oxygens (including phenoxy) is 1. The van der Waals surface area contributed by atoms with Crippen LogP contribution in [0.1, 0.15) is 24.1 Å². The first-order valence-electron chi connectivity index (χ1n) is 6.45. The van der Waals surface area contributed by atoms with Crippen LogP contribution in [0.2, 0.25) is 0 Å². The molecule has 2 rings (SSSR count). The quantitative estimate of drug-likeness (QED) is 0.867.